The van der Waals surface area contributed by atoms with Crippen LogP contribution in [-0.4, -0.2) is 46.1 Å². The Labute approximate surface area is 152 Å². The maximum absolute atomic E-state index is 4.69. The maximum Gasteiger partial charge on any atom is 0.225 e. The number of hydrogen-bond acceptors (Lipinski definition) is 6. The topological polar surface area (TPSA) is 58.0 Å². The lowest BCUT2D eigenvalue weighted by Crippen LogP contribution is -2.47. The highest BCUT2D eigenvalue weighted by Gasteiger charge is 2.19. The summed E-state index contributed by atoms with van der Waals surface area (Å²) >= 11 is 0. The molecule has 0 amide bonds. The summed E-state index contributed by atoms with van der Waals surface area (Å²) in [5, 5.41) is 0. The van der Waals surface area contributed by atoms with Crippen molar-refractivity contribution in [2.24, 2.45) is 0 Å². The zero-order valence-corrected chi connectivity index (χ0v) is 14.4. The summed E-state index contributed by atoms with van der Waals surface area (Å²) in [5.74, 6) is 2.47. The van der Waals surface area contributed by atoms with Crippen LogP contribution in [0.15, 0.2) is 61.1 Å². The van der Waals surface area contributed by atoms with E-state index in [9.17, 15) is 0 Å². The Morgan fingerprint density at radius 1 is 0.692 bits per heavy atom. The van der Waals surface area contributed by atoms with E-state index in [1.54, 1.807) is 12.4 Å². The van der Waals surface area contributed by atoms with Gasteiger partial charge in [-0.3, -0.25) is 0 Å². The van der Waals surface area contributed by atoms with Gasteiger partial charge in [0.25, 0.3) is 0 Å². The Balaban J connectivity index is 1.42. The first kappa shape index (κ1) is 16.2. The molecule has 2 aromatic heterocycles. The summed E-state index contributed by atoms with van der Waals surface area (Å²) in [6.45, 7) is 3.53. The van der Waals surface area contributed by atoms with Gasteiger partial charge in [-0.15, -0.1) is 0 Å². The highest BCUT2D eigenvalue weighted by atomic mass is 15.3. The van der Waals surface area contributed by atoms with Gasteiger partial charge in [0, 0.05) is 44.8 Å². The van der Waals surface area contributed by atoms with Crippen LogP contribution in [0.5, 0.6) is 0 Å². The van der Waals surface area contributed by atoms with Crippen LogP contribution in [0.4, 0.5) is 11.8 Å². The summed E-state index contributed by atoms with van der Waals surface area (Å²) in [7, 11) is 0. The predicted octanol–water partition coefficient (Wildman–Crippen LogP) is 2.76. The minimum absolute atomic E-state index is 0.722. The number of aromatic nitrogens is 4. The van der Waals surface area contributed by atoms with Crippen molar-refractivity contribution >= 4 is 23.9 Å². The Kier molecular flexibility index (Phi) is 4.82. The van der Waals surface area contributed by atoms with E-state index in [2.05, 4.69) is 41.9 Å². The molecule has 1 fully saturated rings. The molecule has 0 bridgehead atoms. The van der Waals surface area contributed by atoms with Crippen LogP contribution in [0, 0.1) is 0 Å². The Bertz CT molecular complexity index is 858. The molecule has 1 aromatic carbocycles. The van der Waals surface area contributed by atoms with Gasteiger partial charge in [-0.1, -0.05) is 36.4 Å². The molecule has 0 spiro atoms. The third-order valence-corrected chi connectivity index (χ3v) is 4.32. The number of hydrogen-bond donors (Lipinski definition) is 0. The second-order valence-corrected chi connectivity index (χ2v) is 6.04. The summed E-state index contributed by atoms with van der Waals surface area (Å²) in [5.41, 5.74) is 1.14. The van der Waals surface area contributed by atoms with Crippen molar-refractivity contribution in [1.29, 1.82) is 0 Å². The van der Waals surface area contributed by atoms with Gasteiger partial charge in [0.1, 0.15) is 5.82 Å². The van der Waals surface area contributed by atoms with Crippen LogP contribution in [0.25, 0.3) is 12.2 Å². The van der Waals surface area contributed by atoms with Crippen LogP contribution in [-0.2, 0) is 0 Å². The van der Waals surface area contributed by atoms with Crippen LogP contribution in [0.2, 0.25) is 0 Å². The second-order valence-electron chi connectivity index (χ2n) is 6.04. The average molecular weight is 344 g/mol. The molecule has 26 heavy (non-hydrogen) atoms. The van der Waals surface area contributed by atoms with E-state index in [1.165, 1.54) is 0 Å². The first-order valence-corrected chi connectivity index (χ1v) is 8.71. The van der Waals surface area contributed by atoms with E-state index >= 15 is 0 Å². The van der Waals surface area contributed by atoms with Crippen LogP contribution < -0.4 is 9.80 Å². The predicted molar refractivity (Wildman–Crippen MR) is 104 cm³/mol. The second kappa shape index (κ2) is 7.74. The largest absolute Gasteiger partial charge is 0.353 e. The van der Waals surface area contributed by atoms with Gasteiger partial charge in [-0.25, -0.2) is 19.9 Å². The molecule has 130 valence electrons. The SMILES string of the molecule is C(=C\c1nccc(N2CCN(c3ncccn3)CC2)n1)/c1ccccc1. The van der Waals surface area contributed by atoms with Gasteiger partial charge >= 0.3 is 0 Å². The molecule has 0 saturated carbocycles. The highest BCUT2D eigenvalue weighted by Crippen LogP contribution is 2.16. The molecule has 6 nitrogen and oxygen atoms in total. The zero-order chi connectivity index (χ0) is 17.6. The Hall–Kier alpha value is -3.28. The lowest BCUT2D eigenvalue weighted by Gasteiger charge is -2.35. The number of benzene rings is 1. The minimum atomic E-state index is 0.722. The fourth-order valence-electron chi connectivity index (χ4n) is 2.95. The molecule has 0 unspecified atom stereocenters. The van der Waals surface area contributed by atoms with Crippen LogP contribution in [0.1, 0.15) is 11.4 Å². The summed E-state index contributed by atoms with van der Waals surface area (Å²) in [4.78, 5) is 22.2. The third-order valence-electron chi connectivity index (χ3n) is 4.32. The fourth-order valence-corrected chi connectivity index (χ4v) is 2.95. The Morgan fingerprint density at radius 2 is 1.42 bits per heavy atom. The van der Waals surface area contributed by atoms with Crippen molar-refractivity contribution < 1.29 is 0 Å². The van der Waals surface area contributed by atoms with E-state index in [-0.39, 0.29) is 0 Å². The monoisotopic (exact) mass is 344 g/mol. The molecule has 3 heterocycles. The minimum Gasteiger partial charge on any atom is -0.353 e. The van der Waals surface area contributed by atoms with Crippen LogP contribution in [0.3, 0.4) is 0 Å². The molecule has 1 saturated heterocycles. The van der Waals surface area contributed by atoms with Crippen molar-refractivity contribution in [2.45, 2.75) is 0 Å². The third kappa shape index (κ3) is 3.85. The van der Waals surface area contributed by atoms with Gasteiger partial charge < -0.3 is 9.80 Å². The standard InChI is InChI=1S/C20H20N6/c1-2-5-17(6-3-1)7-8-18-21-12-9-19(24-18)25-13-15-26(16-14-25)20-22-10-4-11-23-20/h1-12H,13-16H2/b8-7+. The van der Waals surface area contributed by atoms with E-state index < -0.39 is 0 Å². The molecular weight excluding hydrogens is 324 g/mol. The van der Waals surface area contributed by atoms with Gasteiger partial charge in [-0.2, -0.15) is 0 Å². The van der Waals surface area contributed by atoms with Gasteiger partial charge in [0.2, 0.25) is 5.95 Å². The number of piperazine rings is 1. The van der Waals surface area contributed by atoms with E-state index in [0.717, 1.165) is 49.3 Å². The average Bonchev–Trinajstić information content (AvgIpc) is 2.74. The van der Waals surface area contributed by atoms with E-state index in [1.807, 2.05) is 48.7 Å². The van der Waals surface area contributed by atoms with Crippen molar-refractivity contribution in [3.05, 3.63) is 72.4 Å². The Morgan fingerprint density at radius 3 is 2.19 bits per heavy atom. The first-order valence-electron chi connectivity index (χ1n) is 8.71. The molecule has 1 aliphatic rings. The molecule has 6 heteroatoms. The molecule has 1 aliphatic heterocycles. The molecule has 0 N–H and O–H groups in total. The maximum atomic E-state index is 4.69. The van der Waals surface area contributed by atoms with Crippen molar-refractivity contribution in [2.75, 3.05) is 36.0 Å². The summed E-state index contributed by atoms with van der Waals surface area (Å²) < 4.78 is 0. The van der Waals surface area contributed by atoms with Crippen molar-refractivity contribution in [3.63, 3.8) is 0 Å². The van der Waals surface area contributed by atoms with E-state index in [0.29, 0.717) is 0 Å². The van der Waals surface area contributed by atoms with Gasteiger partial charge in [-0.05, 0) is 23.8 Å². The van der Waals surface area contributed by atoms with Gasteiger partial charge in [0.15, 0.2) is 5.82 Å². The van der Waals surface area contributed by atoms with E-state index in [4.69, 9.17) is 0 Å². The zero-order valence-electron chi connectivity index (χ0n) is 14.4. The number of rotatable bonds is 4. The normalized spacial score (nSPS) is 14.8. The lowest BCUT2D eigenvalue weighted by molar-refractivity contribution is 0.633. The highest BCUT2D eigenvalue weighted by molar-refractivity contribution is 5.67. The molecule has 4 rings (SSSR count). The molecule has 0 atom stereocenters. The number of anilines is 2. The van der Waals surface area contributed by atoms with Crippen LogP contribution >= 0.6 is 0 Å². The smallest absolute Gasteiger partial charge is 0.225 e. The quantitative estimate of drug-likeness (QED) is 0.725. The number of nitrogens with zero attached hydrogens (tertiary/aromatic N) is 6. The fraction of sp³-hybridized carbons (Fsp3) is 0.200. The van der Waals surface area contributed by atoms with Gasteiger partial charge in [0.05, 0.1) is 0 Å². The first-order chi connectivity index (χ1) is 12.9. The lowest BCUT2D eigenvalue weighted by atomic mass is 10.2. The molecule has 0 radical (unpaired) electrons. The van der Waals surface area contributed by atoms with Crippen molar-refractivity contribution in [3.8, 4) is 0 Å². The molecular formula is C20H20N6. The molecule has 0 aliphatic carbocycles. The molecule has 3 aromatic rings. The summed E-state index contributed by atoms with van der Waals surface area (Å²) in [6.07, 6.45) is 9.37. The summed E-state index contributed by atoms with van der Waals surface area (Å²) in [6, 6.07) is 14.0. The van der Waals surface area contributed by atoms with Crippen molar-refractivity contribution in [1.82, 2.24) is 19.9 Å².